The van der Waals surface area contributed by atoms with Gasteiger partial charge < -0.3 is 9.84 Å². The highest BCUT2D eigenvalue weighted by Gasteiger charge is 2.67. The zero-order chi connectivity index (χ0) is 17.1. The Labute approximate surface area is 140 Å². The summed E-state index contributed by atoms with van der Waals surface area (Å²) in [6, 6.07) is 0. The van der Waals surface area contributed by atoms with E-state index in [9.17, 15) is 9.90 Å². The van der Waals surface area contributed by atoms with Crippen molar-refractivity contribution < 1.29 is 14.6 Å². The van der Waals surface area contributed by atoms with Crippen LogP contribution in [0.25, 0.3) is 0 Å². The van der Waals surface area contributed by atoms with Crippen molar-refractivity contribution in [1.29, 1.82) is 0 Å². The van der Waals surface area contributed by atoms with E-state index in [2.05, 4.69) is 27.4 Å². The summed E-state index contributed by atoms with van der Waals surface area (Å²) in [5.41, 5.74) is -1.14. The number of carbonyl (C=O) groups is 1. The van der Waals surface area contributed by atoms with Crippen molar-refractivity contribution in [2.75, 3.05) is 0 Å². The van der Waals surface area contributed by atoms with Gasteiger partial charge in [-0.05, 0) is 64.2 Å². The summed E-state index contributed by atoms with van der Waals surface area (Å²) in [5, 5.41) is 9.94. The van der Waals surface area contributed by atoms with Crippen molar-refractivity contribution in [3.8, 4) is 0 Å². The van der Waals surface area contributed by atoms with Crippen LogP contribution < -0.4 is 0 Å². The quantitative estimate of drug-likeness (QED) is 0.743. The summed E-state index contributed by atoms with van der Waals surface area (Å²) in [6.07, 6.45) is 8.90. The molecule has 130 valence electrons. The third kappa shape index (κ3) is 2.08. The summed E-state index contributed by atoms with van der Waals surface area (Å²) in [7, 11) is 0. The molecule has 3 nitrogen and oxygen atoms in total. The van der Waals surface area contributed by atoms with E-state index in [1.807, 2.05) is 13.0 Å². The van der Waals surface area contributed by atoms with Crippen molar-refractivity contribution in [3.05, 3.63) is 12.7 Å². The number of aliphatic carboxylic acids is 1. The lowest BCUT2D eigenvalue weighted by Gasteiger charge is -2.63. The van der Waals surface area contributed by atoms with Gasteiger partial charge in [0.15, 0.2) is 0 Å². The van der Waals surface area contributed by atoms with Gasteiger partial charge >= 0.3 is 5.97 Å². The molecule has 0 bridgehead atoms. The zero-order valence-electron chi connectivity index (χ0n) is 15.2. The fourth-order valence-corrected chi connectivity index (χ4v) is 6.33. The highest BCUT2D eigenvalue weighted by atomic mass is 16.5. The molecule has 1 saturated heterocycles. The van der Waals surface area contributed by atoms with Crippen molar-refractivity contribution in [2.24, 2.45) is 22.7 Å². The number of ether oxygens (including phenoxy) is 1. The molecule has 0 aromatic carbocycles. The van der Waals surface area contributed by atoms with Crippen molar-refractivity contribution in [3.63, 3.8) is 0 Å². The van der Waals surface area contributed by atoms with E-state index < -0.39 is 11.4 Å². The van der Waals surface area contributed by atoms with Crippen molar-refractivity contribution in [2.45, 2.75) is 83.8 Å². The standard InChI is InChI=1S/C20H32O3/c1-6-17(3)12-13-20(23-17)14(2)8-9-15-18(4,16(21)22)10-7-11-19(15,20)5/h6,14-15H,1,7-13H2,2-5H3,(H,21,22)/t14-,15-,17-,18-,19-,20+/m0/s1. The molecular formula is C20H32O3. The molecule has 0 radical (unpaired) electrons. The van der Waals surface area contributed by atoms with E-state index in [4.69, 9.17) is 4.74 Å². The van der Waals surface area contributed by atoms with Gasteiger partial charge in [0.1, 0.15) is 0 Å². The molecule has 3 rings (SSSR count). The third-order valence-corrected chi connectivity index (χ3v) is 7.91. The number of hydrogen-bond donors (Lipinski definition) is 1. The first-order chi connectivity index (χ1) is 10.6. The zero-order valence-corrected chi connectivity index (χ0v) is 15.2. The Morgan fingerprint density at radius 3 is 2.43 bits per heavy atom. The molecule has 0 aromatic heterocycles. The number of carboxylic acid groups (broad SMARTS) is 1. The van der Waals surface area contributed by atoms with Gasteiger partial charge in [-0.25, -0.2) is 0 Å². The summed E-state index contributed by atoms with van der Waals surface area (Å²) in [4.78, 5) is 12.1. The summed E-state index contributed by atoms with van der Waals surface area (Å²) in [5.74, 6) is 0.0499. The minimum absolute atomic E-state index is 0.0587. The van der Waals surface area contributed by atoms with Crippen LogP contribution in [0.2, 0.25) is 0 Å². The molecular weight excluding hydrogens is 288 g/mol. The van der Waals surface area contributed by atoms with Crippen LogP contribution in [-0.4, -0.2) is 22.3 Å². The molecule has 3 fully saturated rings. The highest BCUT2D eigenvalue weighted by molar-refractivity contribution is 5.75. The third-order valence-electron chi connectivity index (χ3n) is 7.91. The number of fused-ring (bicyclic) bond motifs is 2. The molecule has 1 aliphatic heterocycles. The van der Waals surface area contributed by atoms with Gasteiger partial charge in [-0.1, -0.05) is 26.3 Å². The van der Waals surface area contributed by atoms with Crippen LogP contribution >= 0.6 is 0 Å². The van der Waals surface area contributed by atoms with E-state index in [-0.39, 0.29) is 22.5 Å². The second-order valence-electron chi connectivity index (χ2n) is 9.03. The van der Waals surface area contributed by atoms with Gasteiger partial charge in [-0.3, -0.25) is 4.79 Å². The Morgan fingerprint density at radius 2 is 1.87 bits per heavy atom. The maximum absolute atomic E-state index is 12.1. The monoisotopic (exact) mass is 320 g/mol. The maximum Gasteiger partial charge on any atom is 0.309 e. The molecule has 3 aliphatic rings. The van der Waals surface area contributed by atoms with Crippen LogP contribution in [-0.2, 0) is 9.53 Å². The Morgan fingerprint density at radius 1 is 1.17 bits per heavy atom. The fraction of sp³-hybridized carbons (Fsp3) is 0.850. The average molecular weight is 320 g/mol. The Kier molecular flexibility index (Phi) is 3.76. The van der Waals surface area contributed by atoms with Gasteiger partial charge in [0.25, 0.3) is 0 Å². The van der Waals surface area contributed by atoms with E-state index in [0.29, 0.717) is 5.92 Å². The van der Waals surface area contributed by atoms with Gasteiger partial charge in [0.05, 0.1) is 16.6 Å². The van der Waals surface area contributed by atoms with Crippen LogP contribution in [0.3, 0.4) is 0 Å². The minimum Gasteiger partial charge on any atom is -0.481 e. The molecule has 1 N–H and O–H groups in total. The first-order valence-electron chi connectivity index (χ1n) is 9.21. The van der Waals surface area contributed by atoms with Crippen molar-refractivity contribution >= 4 is 5.97 Å². The van der Waals surface area contributed by atoms with Crippen LogP contribution in [0, 0.1) is 22.7 Å². The first kappa shape index (κ1) is 17.0. The average Bonchev–Trinajstić information content (AvgIpc) is 2.85. The summed E-state index contributed by atoms with van der Waals surface area (Å²) >= 11 is 0. The van der Waals surface area contributed by atoms with Crippen LogP contribution in [0.5, 0.6) is 0 Å². The lowest BCUT2D eigenvalue weighted by Crippen LogP contribution is -2.64. The number of hydrogen-bond acceptors (Lipinski definition) is 2. The van der Waals surface area contributed by atoms with Gasteiger partial charge in [0.2, 0.25) is 0 Å². The Balaban J connectivity index is 2.07. The second kappa shape index (κ2) is 5.08. The SMILES string of the molecule is C=C[C@@]1(C)CC[C@@]2(O1)[C@@H](C)CC[C@@H]1[C@]2(C)CCC[C@]1(C)C(=O)O. The van der Waals surface area contributed by atoms with Gasteiger partial charge in [-0.15, -0.1) is 6.58 Å². The molecule has 0 aromatic rings. The molecule has 0 amide bonds. The van der Waals surface area contributed by atoms with E-state index in [0.717, 1.165) is 44.9 Å². The van der Waals surface area contributed by atoms with Gasteiger partial charge in [-0.2, -0.15) is 0 Å². The van der Waals surface area contributed by atoms with Crippen LogP contribution in [0.1, 0.15) is 72.6 Å². The van der Waals surface area contributed by atoms with Crippen LogP contribution in [0.15, 0.2) is 12.7 Å². The molecule has 3 heteroatoms. The Bertz CT molecular complexity index is 529. The van der Waals surface area contributed by atoms with E-state index in [1.165, 1.54) is 0 Å². The largest absolute Gasteiger partial charge is 0.481 e. The van der Waals surface area contributed by atoms with E-state index in [1.54, 1.807) is 0 Å². The minimum atomic E-state index is -0.623. The number of carboxylic acids is 1. The molecule has 1 heterocycles. The second-order valence-corrected chi connectivity index (χ2v) is 9.03. The fourth-order valence-electron chi connectivity index (χ4n) is 6.33. The topological polar surface area (TPSA) is 46.5 Å². The molecule has 2 aliphatic carbocycles. The first-order valence-corrected chi connectivity index (χ1v) is 9.21. The summed E-state index contributed by atoms with van der Waals surface area (Å²) in [6.45, 7) is 12.7. The van der Waals surface area contributed by atoms with Crippen molar-refractivity contribution in [1.82, 2.24) is 0 Å². The molecule has 6 atom stereocenters. The lowest BCUT2D eigenvalue weighted by atomic mass is 9.44. The predicted molar refractivity (Wildman–Crippen MR) is 91.2 cm³/mol. The normalized spacial score (nSPS) is 53.0. The summed E-state index contributed by atoms with van der Waals surface area (Å²) < 4.78 is 6.77. The van der Waals surface area contributed by atoms with Gasteiger partial charge in [0, 0.05) is 5.41 Å². The smallest absolute Gasteiger partial charge is 0.309 e. The van der Waals surface area contributed by atoms with E-state index >= 15 is 0 Å². The number of rotatable bonds is 2. The Hall–Kier alpha value is -0.830. The molecule has 2 saturated carbocycles. The predicted octanol–water partition coefficient (Wildman–Crippen LogP) is 4.81. The lowest BCUT2D eigenvalue weighted by molar-refractivity contribution is -0.240. The molecule has 1 spiro atoms. The maximum atomic E-state index is 12.1. The molecule has 0 unspecified atom stereocenters. The highest BCUT2D eigenvalue weighted by Crippen LogP contribution is 2.67. The van der Waals surface area contributed by atoms with Crippen LogP contribution in [0.4, 0.5) is 0 Å². The molecule has 23 heavy (non-hydrogen) atoms.